The van der Waals surface area contributed by atoms with Gasteiger partial charge in [-0.3, -0.25) is 0 Å². The fourth-order valence-electron chi connectivity index (χ4n) is 1.79. The molecule has 1 aliphatic heterocycles. The Labute approximate surface area is 99.9 Å². The van der Waals surface area contributed by atoms with Crippen LogP contribution >= 0.6 is 0 Å². The van der Waals surface area contributed by atoms with Crippen molar-refractivity contribution in [3.05, 3.63) is 11.9 Å². The number of nitrogens with zero attached hydrogens (tertiary/aromatic N) is 4. The second kappa shape index (κ2) is 4.99. The van der Waals surface area contributed by atoms with Crippen LogP contribution in [0.1, 0.15) is 18.7 Å². The first-order chi connectivity index (χ1) is 8.20. The van der Waals surface area contributed by atoms with Gasteiger partial charge in [-0.15, -0.1) is 5.10 Å². The smallest absolute Gasteiger partial charge is 0.330 e. The zero-order valence-corrected chi connectivity index (χ0v) is 10.1. The van der Waals surface area contributed by atoms with Gasteiger partial charge in [-0.05, 0) is 18.9 Å². The number of methoxy groups -OCH3 is 1. The van der Waals surface area contributed by atoms with Crippen molar-refractivity contribution < 1.29 is 9.53 Å². The molecule has 6 heteroatoms. The van der Waals surface area contributed by atoms with Crippen molar-refractivity contribution in [1.29, 1.82) is 0 Å². The summed E-state index contributed by atoms with van der Waals surface area (Å²) in [7, 11) is 3.16. The molecule has 0 unspecified atom stereocenters. The Kier molecular flexibility index (Phi) is 3.41. The number of hydrogen-bond acceptors (Lipinski definition) is 5. The van der Waals surface area contributed by atoms with Gasteiger partial charge < -0.3 is 9.64 Å². The van der Waals surface area contributed by atoms with E-state index in [0.717, 1.165) is 19.0 Å². The molecule has 0 aliphatic carbocycles. The van der Waals surface area contributed by atoms with Crippen molar-refractivity contribution in [3.63, 3.8) is 0 Å². The minimum Gasteiger partial charge on any atom is -0.466 e. The van der Waals surface area contributed by atoms with Crippen molar-refractivity contribution in [2.45, 2.75) is 12.8 Å². The van der Waals surface area contributed by atoms with Crippen LogP contribution in [0, 0.1) is 0 Å². The van der Waals surface area contributed by atoms with E-state index < -0.39 is 5.97 Å². The molecule has 0 N–H and O–H groups in total. The molecular weight excluding hydrogens is 220 g/mol. The molecule has 0 spiro atoms. The fourth-order valence-corrected chi connectivity index (χ4v) is 1.79. The quantitative estimate of drug-likeness (QED) is 0.568. The first-order valence-corrected chi connectivity index (χ1v) is 5.62. The third-order valence-electron chi connectivity index (χ3n) is 2.74. The average molecular weight is 236 g/mol. The van der Waals surface area contributed by atoms with Crippen molar-refractivity contribution in [1.82, 2.24) is 14.8 Å². The Morgan fingerprint density at radius 1 is 1.41 bits per heavy atom. The molecule has 2 heterocycles. The number of ether oxygens (including phenoxy) is 1. The largest absolute Gasteiger partial charge is 0.466 e. The molecule has 1 aromatic heterocycles. The van der Waals surface area contributed by atoms with Crippen molar-refractivity contribution >= 4 is 18.0 Å². The highest BCUT2D eigenvalue weighted by Gasteiger charge is 2.17. The van der Waals surface area contributed by atoms with Gasteiger partial charge in [0.1, 0.15) is 0 Å². The predicted octanol–water partition coefficient (Wildman–Crippen LogP) is 0.601. The van der Waals surface area contributed by atoms with E-state index in [4.69, 9.17) is 0 Å². The van der Waals surface area contributed by atoms with Crippen molar-refractivity contribution in [3.8, 4) is 0 Å². The highest BCUT2D eigenvalue weighted by atomic mass is 16.5. The molecule has 0 saturated carbocycles. The average Bonchev–Trinajstić information content (AvgIpc) is 2.95. The standard InChI is InChI=1S/C11H16N4O2/c1-14-9(5-6-10(16)17-2)12-11(13-14)15-7-3-4-8-15/h5-6H,3-4,7-8H2,1-2H3. The molecule has 0 radical (unpaired) electrons. The number of hydrogen-bond donors (Lipinski definition) is 0. The van der Waals surface area contributed by atoms with Gasteiger partial charge >= 0.3 is 5.97 Å². The summed E-state index contributed by atoms with van der Waals surface area (Å²) in [6.07, 6.45) is 5.33. The van der Waals surface area contributed by atoms with Gasteiger partial charge in [0.15, 0.2) is 5.82 Å². The summed E-state index contributed by atoms with van der Waals surface area (Å²) in [5, 5.41) is 4.32. The molecular formula is C11H16N4O2. The highest BCUT2D eigenvalue weighted by molar-refractivity contribution is 5.86. The van der Waals surface area contributed by atoms with E-state index in [0.29, 0.717) is 5.82 Å². The van der Waals surface area contributed by atoms with E-state index >= 15 is 0 Å². The minimum atomic E-state index is -0.393. The fraction of sp³-hybridized carbons (Fsp3) is 0.545. The van der Waals surface area contributed by atoms with E-state index in [1.165, 1.54) is 26.0 Å². The third kappa shape index (κ3) is 2.64. The van der Waals surface area contributed by atoms with Crippen LogP contribution < -0.4 is 4.90 Å². The van der Waals surface area contributed by atoms with Crippen LogP contribution in [-0.2, 0) is 16.6 Å². The lowest BCUT2D eigenvalue weighted by Gasteiger charge is -2.10. The third-order valence-corrected chi connectivity index (χ3v) is 2.74. The van der Waals surface area contributed by atoms with Crippen LogP contribution in [-0.4, -0.2) is 40.9 Å². The van der Waals surface area contributed by atoms with Gasteiger partial charge in [-0.2, -0.15) is 4.98 Å². The van der Waals surface area contributed by atoms with Gasteiger partial charge in [-0.1, -0.05) is 0 Å². The maximum atomic E-state index is 11.0. The Hall–Kier alpha value is -1.85. The monoisotopic (exact) mass is 236 g/mol. The summed E-state index contributed by atoms with van der Waals surface area (Å²) in [6, 6.07) is 0. The summed E-state index contributed by atoms with van der Waals surface area (Å²) in [6.45, 7) is 2.01. The molecule has 1 aromatic rings. The number of esters is 1. The molecule has 92 valence electrons. The first-order valence-electron chi connectivity index (χ1n) is 5.62. The van der Waals surface area contributed by atoms with Crippen LogP contribution in [0.3, 0.4) is 0 Å². The van der Waals surface area contributed by atoms with Gasteiger partial charge in [0, 0.05) is 26.2 Å². The molecule has 0 atom stereocenters. The van der Waals surface area contributed by atoms with Crippen LogP contribution in [0.4, 0.5) is 5.95 Å². The maximum Gasteiger partial charge on any atom is 0.330 e. The molecule has 17 heavy (non-hydrogen) atoms. The lowest BCUT2D eigenvalue weighted by atomic mass is 10.4. The Morgan fingerprint density at radius 3 is 2.76 bits per heavy atom. The second-order valence-corrected chi connectivity index (χ2v) is 3.94. The number of aromatic nitrogens is 3. The van der Waals surface area contributed by atoms with Crippen molar-refractivity contribution in [2.75, 3.05) is 25.1 Å². The molecule has 0 aromatic carbocycles. The minimum absolute atomic E-state index is 0.393. The number of rotatable bonds is 3. The zero-order valence-electron chi connectivity index (χ0n) is 10.1. The summed E-state index contributed by atoms with van der Waals surface area (Å²) in [5.74, 6) is 0.988. The Balaban J connectivity index is 2.13. The van der Waals surface area contributed by atoms with Crippen molar-refractivity contribution in [2.24, 2.45) is 7.05 Å². The lowest BCUT2D eigenvalue weighted by Crippen LogP contribution is -2.19. The Morgan fingerprint density at radius 2 is 2.12 bits per heavy atom. The molecule has 1 fully saturated rings. The molecule has 0 amide bonds. The van der Waals surface area contributed by atoms with E-state index in [9.17, 15) is 4.79 Å². The van der Waals surface area contributed by atoms with E-state index in [1.807, 2.05) is 7.05 Å². The number of anilines is 1. The first kappa shape index (κ1) is 11.6. The lowest BCUT2D eigenvalue weighted by molar-refractivity contribution is -0.134. The highest BCUT2D eigenvalue weighted by Crippen LogP contribution is 2.16. The SMILES string of the molecule is COC(=O)C=Cc1nc(N2CCCC2)nn1C. The van der Waals surface area contributed by atoms with Gasteiger partial charge in [0.2, 0.25) is 5.95 Å². The molecule has 0 bridgehead atoms. The summed E-state index contributed by atoms with van der Waals surface area (Å²) < 4.78 is 6.18. The van der Waals surface area contributed by atoms with Gasteiger partial charge in [0.25, 0.3) is 0 Å². The van der Waals surface area contributed by atoms with E-state index in [1.54, 1.807) is 10.8 Å². The van der Waals surface area contributed by atoms with Gasteiger partial charge in [0.05, 0.1) is 7.11 Å². The number of carbonyl (C=O) groups excluding carboxylic acids is 1. The number of aryl methyl sites for hydroxylation is 1. The second-order valence-electron chi connectivity index (χ2n) is 3.94. The van der Waals surface area contributed by atoms with Gasteiger partial charge in [-0.25, -0.2) is 9.48 Å². The topological polar surface area (TPSA) is 60.2 Å². The predicted molar refractivity (Wildman–Crippen MR) is 63.5 cm³/mol. The molecule has 2 rings (SSSR count). The van der Waals surface area contributed by atoms with Crippen LogP contribution in [0.5, 0.6) is 0 Å². The Bertz CT molecular complexity index is 433. The summed E-state index contributed by atoms with van der Waals surface area (Å²) in [5.41, 5.74) is 0. The van der Waals surface area contributed by atoms with Crippen LogP contribution in [0.15, 0.2) is 6.08 Å². The summed E-state index contributed by atoms with van der Waals surface area (Å²) >= 11 is 0. The molecule has 6 nitrogen and oxygen atoms in total. The van der Waals surface area contributed by atoms with E-state index in [2.05, 4.69) is 19.7 Å². The molecule has 1 aliphatic rings. The zero-order chi connectivity index (χ0) is 12.3. The maximum absolute atomic E-state index is 11.0. The van der Waals surface area contributed by atoms with E-state index in [-0.39, 0.29) is 0 Å². The normalized spacial score (nSPS) is 15.8. The summed E-state index contributed by atoms with van der Waals surface area (Å²) in [4.78, 5) is 17.5. The van der Waals surface area contributed by atoms with Crippen LogP contribution in [0.25, 0.3) is 6.08 Å². The van der Waals surface area contributed by atoms with Crippen LogP contribution in [0.2, 0.25) is 0 Å². The number of carbonyl (C=O) groups is 1. The molecule has 1 saturated heterocycles.